The van der Waals surface area contributed by atoms with Gasteiger partial charge in [-0.1, -0.05) is 30.3 Å². The first kappa shape index (κ1) is 8.64. The van der Waals surface area contributed by atoms with E-state index in [0.717, 1.165) is 5.56 Å². The van der Waals surface area contributed by atoms with Crippen LogP contribution in [-0.2, 0) is 0 Å². The lowest BCUT2D eigenvalue weighted by atomic mass is 10.1. The van der Waals surface area contributed by atoms with Crippen molar-refractivity contribution >= 4 is 0 Å². The number of aliphatic hydroxyl groups excluding tert-OH is 1. The third kappa shape index (κ3) is 1.42. The Hall–Kier alpha value is -1.95. The fourth-order valence-electron chi connectivity index (χ4n) is 1.59. The van der Waals surface area contributed by atoms with Gasteiger partial charge in [-0.15, -0.1) is 0 Å². The molecule has 2 rings (SSSR count). The molecule has 0 radical (unpaired) electrons. The maximum Gasteiger partial charge on any atom is 0.152 e. The van der Waals surface area contributed by atoms with Gasteiger partial charge in [0.15, 0.2) is 5.70 Å². The zero-order valence-electron chi connectivity index (χ0n) is 7.57. The molecule has 1 aromatic rings. The molecule has 0 amide bonds. The van der Waals surface area contributed by atoms with Crippen LogP contribution >= 0.6 is 0 Å². The van der Waals surface area contributed by atoms with Crippen molar-refractivity contribution in [2.45, 2.75) is 12.5 Å². The predicted molar refractivity (Wildman–Crippen MR) is 52.2 cm³/mol. The fourth-order valence-corrected chi connectivity index (χ4v) is 1.59. The summed E-state index contributed by atoms with van der Waals surface area (Å²) in [6.07, 6.45) is 0.493. The molecule has 2 N–H and O–H groups in total. The quantitative estimate of drug-likeness (QED) is 0.705. The Balaban J connectivity index is 2.18. The maximum atomic E-state index is 9.42. The number of nitriles is 1. The second kappa shape index (κ2) is 3.43. The van der Waals surface area contributed by atoms with Crippen LogP contribution in [0.4, 0.5) is 0 Å². The molecule has 0 saturated carbocycles. The number of rotatable bonds is 1. The lowest BCUT2D eigenvalue weighted by Gasteiger charge is -2.10. The van der Waals surface area contributed by atoms with Crippen molar-refractivity contribution in [1.29, 1.82) is 5.26 Å². The normalized spacial score (nSPS) is 20.4. The van der Waals surface area contributed by atoms with Crippen molar-refractivity contribution in [1.82, 2.24) is 5.32 Å². The minimum Gasteiger partial charge on any atom is -0.509 e. The molecule has 1 aliphatic heterocycles. The Morgan fingerprint density at radius 3 is 2.64 bits per heavy atom. The van der Waals surface area contributed by atoms with Crippen LogP contribution in [0.2, 0.25) is 0 Å². The van der Waals surface area contributed by atoms with Crippen molar-refractivity contribution in [3.8, 4) is 6.07 Å². The molecule has 1 unspecified atom stereocenters. The smallest absolute Gasteiger partial charge is 0.152 e. The highest BCUT2D eigenvalue weighted by Gasteiger charge is 2.23. The van der Waals surface area contributed by atoms with Crippen LogP contribution in [-0.4, -0.2) is 5.11 Å². The Labute approximate surface area is 82.3 Å². The highest BCUT2D eigenvalue weighted by atomic mass is 16.3. The van der Waals surface area contributed by atoms with Gasteiger partial charge in [0.25, 0.3) is 0 Å². The number of nitrogens with one attached hydrogen (secondary N) is 1. The van der Waals surface area contributed by atoms with E-state index >= 15 is 0 Å². The van der Waals surface area contributed by atoms with E-state index in [0.29, 0.717) is 12.1 Å². The van der Waals surface area contributed by atoms with Crippen LogP contribution in [0.25, 0.3) is 0 Å². The lowest BCUT2D eigenvalue weighted by molar-refractivity contribution is 0.388. The van der Waals surface area contributed by atoms with Crippen LogP contribution in [0.15, 0.2) is 41.8 Å². The average Bonchev–Trinajstić information content (AvgIpc) is 2.61. The lowest BCUT2D eigenvalue weighted by Crippen LogP contribution is -2.13. The zero-order valence-corrected chi connectivity index (χ0v) is 7.57. The van der Waals surface area contributed by atoms with Gasteiger partial charge >= 0.3 is 0 Å². The Morgan fingerprint density at radius 1 is 1.36 bits per heavy atom. The molecule has 0 spiro atoms. The molecule has 1 atom stereocenters. The van der Waals surface area contributed by atoms with Crippen LogP contribution in [0.5, 0.6) is 0 Å². The van der Waals surface area contributed by atoms with Crippen LogP contribution in [0, 0.1) is 11.3 Å². The SMILES string of the molecule is N#CC1=C(O)CC(c2ccccc2)N1. The van der Waals surface area contributed by atoms with E-state index in [1.165, 1.54) is 0 Å². The van der Waals surface area contributed by atoms with Crippen molar-refractivity contribution in [3.05, 3.63) is 47.4 Å². The van der Waals surface area contributed by atoms with Crippen molar-refractivity contribution in [2.24, 2.45) is 0 Å². The zero-order chi connectivity index (χ0) is 9.97. The minimum absolute atomic E-state index is 0.0332. The molecule has 3 nitrogen and oxygen atoms in total. The topological polar surface area (TPSA) is 56.0 Å². The Kier molecular flexibility index (Phi) is 2.11. The van der Waals surface area contributed by atoms with Gasteiger partial charge < -0.3 is 10.4 Å². The molecule has 70 valence electrons. The van der Waals surface area contributed by atoms with Gasteiger partial charge in [-0.05, 0) is 5.56 Å². The summed E-state index contributed by atoms with van der Waals surface area (Å²) in [5.41, 5.74) is 1.38. The summed E-state index contributed by atoms with van der Waals surface area (Å²) in [5, 5.41) is 21.1. The number of hydrogen-bond donors (Lipinski definition) is 2. The molecule has 0 bridgehead atoms. The third-order valence-electron chi connectivity index (χ3n) is 2.32. The van der Waals surface area contributed by atoms with E-state index in [1.807, 2.05) is 36.4 Å². The number of aliphatic hydroxyl groups is 1. The molecule has 0 aliphatic carbocycles. The van der Waals surface area contributed by atoms with E-state index in [2.05, 4.69) is 5.32 Å². The summed E-state index contributed by atoms with van der Waals surface area (Å²) in [6, 6.07) is 11.7. The number of benzene rings is 1. The standard InChI is InChI=1S/C11H10N2O/c12-7-10-11(14)6-9(13-10)8-4-2-1-3-5-8/h1-5,9,13-14H,6H2. The van der Waals surface area contributed by atoms with Gasteiger partial charge in [0.2, 0.25) is 0 Å². The van der Waals surface area contributed by atoms with E-state index < -0.39 is 0 Å². The van der Waals surface area contributed by atoms with Crippen LogP contribution in [0.1, 0.15) is 18.0 Å². The van der Waals surface area contributed by atoms with Gasteiger partial charge in [-0.3, -0.25) is 0 Å². The highest BCUT2D eigenvalue weighted by Crippen LogP contribution is 2.27. The highest BCUT2D eigenvalue weighted by molar-refractivity contribution is 5.32. The molecule has 3 heteroatoms. The number of allylic oxidation sites excluding steroid dienone is 1. The van der Waals surface area contributed by atoms with E-state index in [4.69, 9.17) is 5.26 Å². The first-order valence-electron chi connectivity index (χ1n) is 4.45. The van der Waals surface area contributed by atoms with Crippen molar-refractivity contribution in [3.63, 3.8) is 0 Å². The molecule has 0 fully saturated rings. The summed E-state index contributed by atoms with van der Waals surface area (Å²) < 4.78 is 0. The average molecular weight is 186 g/mol. The summed E-state index contributed by atoms with van der Waals surface area (Å²) >= 11 is 0. The van der Waals surface area contributed by atoms with Crippen LogP contribution in [0.3, 0.4) is 0 Å². The molecule has 0 aromatic heterocycles. The predicted octanol–water partition coefficient (Wildman–Crippen LogP) is 2.01. The molecular formula is C11H10N2O. The Bertz CT molecular complexity index is 403. The first-order chi connectivity index (χ1) is 6.81. The van der Waals surface area contributed by atoms with Crippen LogP contribution < -0.4 is 5.32 Å². The largest absolute Gasteiger partial charge is 0.509 e. The number of hydrogen-bond acceptors (Lipinski definition) is 3. The minimum atomic E-state index is 0.0332. The van der Waals surface area contributed by atoms with Gasteiger partial charge in [0, 0.05) is 6.42 Å². The molecule has 1 heterocycles. The fraction of sp³-hybridized carbons (Fsp3) is 0.182. The third-order valence-corrected chi connectivity index (χ3v) is 2.32. The van der Waals surface area contributed by atoms with Gasteiger partial charge in [0.05, 0.1) is 6.04 Å². The molecular weight excluding hydrogens is 176 g/mol. The Morgan fingerprint density at radius 2 is 2.07 bits per heavy atom. The molecule has 0 saturated heterocycles. The summed E-state index contributed by atoms with van der Waals surface area (Å²) in [7, 11) is 0. The number of nitrogens with zero attached hydrogens (tertiary/aromatic N) is 1. The van der Waals surface area contributed by atoms with Gasteiger partial charge in [-0.2, -0.15) is 5.26 Å². The second-order valence-electron chi connectivity index (χ2n) is 3.25. The summed E-state index contributed by atoms with van der Waals surface area (Å²) in [6.45, 7) is 0. The molecule has 1 aliphatic rings. The second-order valence-corrected chi connectivity index (χ2v) is 3.25. The van der Waals surface area contributed by atoms with Gasteiger partial charge in [0.1, 0.15) is 11.8 Å². The van der Waals surface area contributed by atoms with E-state index in [-0.39, 0.29) is 11.8 Å². The van der Waals surface area contributed by atoms with E-state index in [9.17, 15) is 5.11 Å². The maximum absolute atomic E-state index is 9.42. The van der Waals surface area contributed by atoms with Crippen molar-refractivity contribution < 1.29 is 5.11 Å². The molecule has 1 aromatic carbocycles. The van der Waals surface area contributed by atoms with Crippen molar-refractivity contribution in [2.75, 3.05) is 0 Å². The first-order valence-corrected chi connectivity index (χ1v) is 4.45. The summed E-state index contributed by atoms with van der Waals surface area (Å²) in [5.74, 6) is 0.154. The van der Waals surface area contributed by atoms with Gasteiger partial charge in [-0.25, -0.2) is 0 Å². The summed E-state index contributed by atoms with van der Waals surface area (Å²) in [4.78, 5) is 0. The molecule has 14 heavy (non-hydrogen) atoms. The van der Waals surface area contributed by atoms with E-state index in [1.54, 1.807) is 0 Å². The monoisotopic (exact) mass is 186 g/mol.